The summed E-state index contributed by atoms with van der Waals surface area (Å²) in [6.45, 7) is 0. The van der Waals surface area contributed by atoms with Gasteiger partial charge >= 0.3 is 0 Å². The third-order valence-corrected chi connectivity index (χ3v) is 6.10. The van der Waals surface area contributed by atoms with Gasteiger partial charge in [-0.2, -0.15) is 0 Å². The van der Waals surface area contributed by atoms with Crippen LogP contribution in [0.4, 0.5) is 4.39 Å². The molecule has 19 heavy (non-hydrogen) atoms. The lowest BCUT2D eigenvalue weighted by atomic mass is 9.99. The standard InChI is InChI=1S/C16H16BrFS/c17-14(9-11-4-3-6-13(18)8-11)16-10-12-5-1-2-7-15(12)19-16/h3-4,6,8,10,14H,1-2,5,7,9H2. The summed E-state index contributed by atoms with van der Waals surface area (Å²) >= 11 is 5.69. The van der Waals surface area contributed by atoms with Crippen LogP contribution in [-0.4, -0.2) is 0 Å². The van der Waals surface area contributed by atoms with Gasteiger partial charge in [0.2, 0.25) is 0 Å². The fourth-order valence-corrected chi connectivity index (χ4v) is 4.66. The van der Waals surface area contributed by atoms with E-state index in [1.54, 1.807) is 17.0 Å². The number of aryl methyl sites for hydroxylation is 2. The monoisotopic (exact) mass is 338 g/mol. The highest BCUT2D eigenvalue weighted by Crippen LogP contribution is 2.37. The number of hydrogen-bond donors (Lipinski definition) is 0. The first-order chi connectivity index (χ1) is 9.22. The Labute approximate surface area is 125 Å². The van der Waals surface area contributed by atoms with Crippen LogP contribution >= 0.6 is 27.3 Å². The van der Waals surface area contributed by atoms with Crippen LogP contribution in [0, 0.1) is 5.82 Å². The quantitative estimate of drug-likeness (QED) is 0.653. The Kier molecular flexibility index (Phi) is 4.04. The molecule has 1 unspecified atom stereocenters. The summed E-state index contributed by atoms with van der Waals surface area (Å²) in [5.41, 5.74) is 2.59. The zero-order valence-corrected chi connectivity index (χ0v) is 13.1. The van der Waals surface area contributed by atoms with Gasteiger partial charge in [-0.3, -0.25) is 0 Å². The first kappa shape index (κ1) is 13.3. The molecule has 0 nitrogen and oxygen atoms in total. The van der Waals surface area contributed by atoms with E-state index in [0.29, 0.717) is 4.83 Å². The molecular formula is C16H16BrFS. The summed E-state index contributed by atoms with van der Waals surface area (Å²) in [5.74, 6) is -0.150. The van der Waals surface area contributed by atoms with Gasteiger partial charge in [0.05, 0.1) is 4.83 Å². The largest absolute Gasteiger partial charge is 0.207 e. The minimum Gasteiger partial charge on any atom is -0.207 e. The molecule has 0 spiro atoms. The summed E-state index contributed by atoms with van der Waals surface area (Å²) < 4.78 is 13.2. The fourth-order valence-electron chi connectivity index (χ4n) is 2.64. The van der Waals surface area contributed by atoms with Crippen LogP contribution in [0.3, 0.4) is 0 Å². The van der Waals surface area contributed by atoms with Gasteiger partial charge in [-0.1, -0.05) is 28.1 Å². The maximum Gasteiger partial charge on any atom is 0.123 e. The molecule has 0 fully saturated rings. The normalized spacial score (nSPS) is 16.1. The molecule has 1 heterocycles. The summed E-state index contributed by atoms with van der Waals surface area (Å²) in [7, 11) is 0. The maximum absolute atomic E-state index is 13.2. The Balaban J connectivity index is 1.76. The van der Waals surface area contributed by atoms with E-state index in [1.807, 2.05) is 17.4 Å². The average molecular weight is 339 g/mol. The molecule has 2 aromatic rings. The zero-order valence-electron chi connectivity index (χ0n) is 10.7. The third-order valence-electron chi connectivity index (χ3n) is 3.63. The van der Waals surface area contributed by atoms with Crippen LogP contribution in [-0.2, 0) is 19.3 Å². The van der Waals surface area contributed by atoms with E-state index < -0.39 is 0 Å². The molecule has 0 aliphatic heterocycles. The van der Waals surface area contributed by atoms with Crippen molar-refractivity contribution in [3.63, 3.8) is 0 Å². The molecule has 0 amide bonds. The van der Waals surface area contributed by atoms with Gasteiger partial charge in [-0.15, -0.1) is 11.3 Å². The third kappa shape index (κ3) is 3.09. The van der Waals surface area contributed by atoms with Crippen molar-refractivity contribution < 1.29 is 4.39 Å². The van der Waals surface area contributed by atoms with Crippen molar-refractivity contribution in [2.24, 2.45) is 0 Å². The SMILES string of the molecule is Fc1cccc(CC(Br)c2cc3c(s2)CCCC3)c1. The Morgan fingerprint density at radius 3 is 2.84 bits per heavy atom. The first-order valence-electron chi connectivity index (χ1n) is 6.72. The number of alkyl halides is 1. The van der Waals surface area contributed by atoms with E-state index in [9.17, 15) is 4.39 Å². The second-order valence-corrected chi connectivity index (χ2v) is 7.38. The summed E-state index contributed by atoms with van der Waals surface area (Å²) in [5, 5.41) is 0. The van der Waals surface area contributed by atoms with Gasteiger partial charge in [0.25, 0.3) is 0 Å². The summed E-state index contributed by atoms with van der Waals surface area (Å²) in [4.78, 5) is 3.24. The topological polar surface area (TPSA) is 0 Å². The van der Waals surface area contributed by atoms with E-state index in [0.717, 1.165) is 12.0 Å². The molecule has 100 valence electrons. The van der Waals surface area contributed by atoms with Gasteiger partial charge in [0, 0.05) is 9.75 Å². The number of thiophene rings is 1. The highest BCUT2D eigenvalue weighted by Gasteiger charge is 2.17. The second kappa shape index (κ2) is 5.76. The van der Waals surface area contributed by atoms with Crippen molar-refractivity contribution in [3.8, 4) is 0 Å². The summed E-state index contributed by atoms with van der Waals surface area (Å²) in [6, 6.07) is 9.24. The molecule has 0 saturated carbocycles. The smallest absolute Gasteiger partial charge is 0.123 e. The Bertz CT molecular complexity index is 552. The minimum absolute atomic E-state index is 0.150. The van der Waals surface area contributed by atoms with Crippen molar-refractivity contribution in [1.29, 1.82) is 0 Å². The highest BCUT2D eigenvalue weighted by molar-refractivity contribution is 9.09. The van der Waals surface area contributed by atoms with E-state index in [-0.39, 0.29) is 5.82 Å². The van der Waals surface area contributed by atoms with Crippen molar-refractivity contribution in [2.75, 3.05) is 0 Å². The molecule has 0 saturated heterocycles. The fraction of sp³-hybridized carbons (Fsp3) is 0.375. The number of rotatable bonds is 3. The van der Waals surface area contributed by atoms with Crippen LogP contribution < -0.4 is 0 Å². The van der Waals surface area contributed by atoms with Gasteiger partial charge in [0.1, 0.15) is 5.82 Å². The Morgan fingerprint density at radius 2 is 2.05 bits per heavy atom. The van der Waals surface area contributed by atoms with Crippen molar-refractivity contribution in [3.05, 3.63) is 57.0 Å². The van der Waals surface area contributed by atoms with Crippen molar-refractivity contribution in [2.45, 2.75) is 36.9 Å². The zero-order chi connectivity index (χ0) is 13.2. The lowest BCUT2D eigenvalue weighted by Crippen LogP contribution is -1.96. The molecule has 1 aliphatic rings. The molecule has 3 rings (SSSR count). The highest BCUT2D eigenvalue weighted by atomic mass is 79.9. The number of fused-ring (bicyclic) bond motifs is 1. The van der Waals surface area contributed by atoms with Crippen LogP contribution in [0.25, 0.3) is 0 Å². The molecule has 1 aromatic carbocycles. The van der Waals surface area contributed by atoms with Crippen LogP contribution in [0.5, 0.6) is 0 Å². The maximum atomic E-state index is 13.2. The first-order valence-corrected chi connectivity index (χ1v) is 8.45. The number of benzene rings is 1. The van der Waals surface area contributed by atoms with Crippen molar-refractivity contribution in [1.82, 2.24) is 0 Å². The summed E-state index contributed by atoms with van der Waals surface area (Å²) in [6.07, 6.45) is 5.95. The second-order valence-electron chi connectivity index (χ2n) is 5.11. The van der Waals surface area contributed by atoms with E-state index in [4.69, 9.17) is 0 Å². The van der Waals surface area contributed by atoms with E-state index >= 15 is 0 Å². The molecule has 3 heteroatoms. The van der Waals surface area contributed by atoms with Crippen LogP contribution in [0.2, 0.25) is 0 Å². The molecule has 1 aromatic heterocycles. The molecule has 0 N–H and O–H groups in total. The number of halogens is 2. The van der Waals surface area contributed by atoms with E-state index in [2.05, 4.69) is 22.0 Å². The number of hydrogen-bond acceptors (Lipinski definition) is 1. The van der Waals surface area contributed by atoms with Crippen LogP contribution in [0.15, 0.2) is 30.3 Å². The van der Waals surface area contributed by atoms with Gasteiger partial charge < -0.3 is 0 Å². The lowest BCUT2D eigenvalue weighted by Gasteiger charge is -2.08. The molecular weight excluding hydrogens is 323 g/mol. The minimum atomic E-state index is -0.150. The molecule has 1 atom stereocenters. The molecule has 0 bridgehead atoms. The lowest BCUT2D eigenvalue weighted by molar-refractivity contribution is 0.625. The molecule has 0 radical (unpaired) electrons. The van der Waals surface area contributed by atoms with Crippen molar-refractivity contribution >= 4 is 27.3 Å². The van der Waals surface area contributed by atoms with Crippen LogP contribution in [0.1, 0.15) is 38.6 Å². The van der Waals surface area contributed by atoms with E-state index in [1.165, 1.54) is 42.2 Å². The van der Waals surface area contributed by atoms with Gasteiger partial charge in [-0.05, 0) is 61.4 Å². The predicted molar refractivity (Wildman–Crippen MR) is 82.7 cm³/mol. The van der Waals surface area contributed by atoms with Gasteiger partial charge in [-0.25, -0.2) is 4.39 Å². The molecule has 1 aliphatic carbocycles. The average Bonchev–Trinajstić information content (AvgIpc) is 2.82. The predicted octanol–water partition coefficient (Wildman–Crippen LogP) is 5.44. The Morgan fingerprint density at radius 1 is 1.21 bits per heavy atom. The Hall–Kier alpha value is -0.670. The van der Waals surface area contributed by atoms with Gasteiger partial charge in [0.15, 0.2) is 0 Å².